The molecular formula is C20H30N2O3S. The summed E-state index contributed by atoms with van der Waals surface area (Å²) in [5, 5.41) is 3.17. The van der Waals surface area contributed by atoms with E-state index in [9.17, 15) is 13.2 Å². The summed E-state index contributed by atoms with van der Waals surface area (Å²) >= 11 is 0. The zero-order valence-corrected chi connectivity index (χ0v) is 16.4. The van der Waals surface area contributed by atoms with Gasteiger partial charge in [0, 0.05) is 12.6 Å². The molecule has 1 aromatic rings. The van der Waals surface area contributed by atoms with Crippen LogP contribution >= 0.6 is 0 Å². The second kappa shape index (κ2) is 8.53. The number of carbonyl (C=O) groups is 1. The van der Waals surface area contributed by atoms with Crippen molar-refractivity contribution in [3.8, 4) is 0 Å². The molecule has 26 heavy (non-hydrogen) atoms. The minimum Gasteiger partial charge on any atom is -0.352 e. The fourth-order valence-electron chi connectivity index (χ4n) is 4.08. The Morgan fingerprint density at radius 1 is 1.08 bits per heavy atom. The van der Waals surface area contributed by atoms with Crippen LogP contribution < -0.4 is 5.32 Å². The molecule has 1 saturated carbocycles. The molecule has 0 saturated heterocycles. The van der Waals surface area contributed by atoms with Gasteiger partial charge in [-0.2, -0.15) is 4.31 Å². The summed E-state index contributed by atoms with van der Waals surface area (Å²) in [5.41, 5.74) is 2.08. The SMILES string of the molecule is CCS(=O)(=O)N1Cc2ccccc2C[C@@H]1C(=O)NC1CCCCCCC1. The van der Waals surface area contributed by atoms with Gasteiger partial charge in [-0.15, -0.1) is 0 Å². The molecule has 1 aromatic carbocycles. The van der Waals surface area contributed by atoms with Gasteiger partial charge in [0.15, 0.2) is 0 Å². The Morgan fingerprint density at radius 2 is 1.69 bits per heavy atom. The summed E-state index contributed by atoms with van der Waals surface area (Å²) in [7, 11) is -3.44. The molecule has 0 bridgehead atoms. The van der Waals surface area contributed by atoms with E-state index in [1.807, 2.05) is 24.3 Å². The van der Waals surface area contributed by atoms with Crippen LogP contribution in [-0.4, -0.2) is 36.5 Å². The van der Waals surface area contributed by atoms with Crippen LogP contribution in [0.15, 0.2) is 24.3 Å². The maximum Gasteiger partial charge on any atom is 0.239 e. The van der Waals surface area contributed by atoms with Gasteiger partial charge in [0.1, 0.15) is 6.04 Å². The lowest BCUT2D eigenvalue weighted by Crippen LogP contribution is -2.54. The van der Waals surface area contributed by atoms with Crippen molar-refractivity contribution in [3.63, 3.8) is 0 Å². The molecule has 0 spiro atoms. The van der Waals surface area contributed by atoms with Crippen LogP contribution in [0.5, 0.6) is 0 Å². The number of amides is 1. The van der Waals surface area contributed by atoms with E-state index in [0.717, 1.165) is 36.8 Å². The van der Waals surface area contributed by atoms with Gasteiger partial charge in [0.2, 0.25) is 15.9 Å². The number of rotatable bonds is 4. The standard InChI is InChI=1S/C20H30N2O3S/c1-2-26(24,25)22-15-17-11-9-8-10-16(17)14-19(22)20(23)21-18-12-6-4-3-5-7-13-18/h8-11,18-19H,2-7,12-15H2,1H3,(H,21,23)/t19-/m1/s1. The van der Waals surface area contributed by atoms with Crippen LogP contribution in [0.2, 0.25) is 0 Å². The zero-order chi connectivity index (χ0) is 18.6. The summed E-state index contributed by atoms with van der Waals surface area (Å²) in [5.74, 6) is -0.121. The summed E-state index contributed by atoms with van der Waals surface area (Å²) < 4.78 is 26.6. The highest BCUT2D eigenvalue weighted by Crippen LogP contribution is 2.27. The molecule has 1 fully saturated rings. The normalized spacial score (nSPS) is 22.9. The van der Waals surface area contributed by atoms with E-state index in [4.69, 9.17) is 0 Å². The first-order valence-electron chi connectivity index (χ1n) is 9.88. The number of nitrogens with one attached hydrogen (secondary N) is 1. The topological polar surface area (TPSA) is 66.5 Å². The average Bonchev–Trinajstić information content (AvgIpc) is 2.62. The molecule has 1 aliphatic carbocycles. The quantitative estimate of drug-likeness (QED) is 0.876. The van der Waals surface area contributed by atoms with Crippen molar-refractivity contribution in [2.45, 2.75) is 76.9 Å². The molecule has 1 aliphatic heterocycles. The average molecular weight is 379 g/mol. The maximum atomic E-state index is 13.0. The molecule has 2 aliphatic rings. The van der Waals surface area contributed by atoms with Crippen molar-refractivity contribution in [2.24, 2.45) is 0 Å². The van der Waals surface area contributed by atoms with E-state index < -0.39 is 16.1 Å². The minimum absolute atomic E-state index is 0.0162. The Kier molecular flexibility index (Phi) is 6.35. The molecule has 0 unspecified atom stereocenters. The first-order valence-corrected chi connectivity index (χ1v) is 11.5. The number of hydrogen-bond donors (Lipinski definition) is 1. The van der Waals surface area contributed by atoms with Crippen LogP contribution in [0, 0.1) is 0 Å². The van der Waals surface area contributed by atoms with Gasteiger partial charge < -0.3 is 5.32 Å². The molecule has 0 aromatic heterocycles. The Bertz CT molecular complexity index is 724. The lowest BCUT2D eigenvalue weighted by atomic mass is 9.94. The number of carbonyl (C=O) groups excluding carboxylic acids is 1. The highest BCUT2D eigenvalue weighted by Gasteiger charge is 2.38. The number of nitrogens with zero attached hydrogens (tertiary/aromatic N) is 1. The molecule has 6 heteroatoms. The van der Waals surface area contributed by atoms with Gasteiger partial charge in [-0.1, -0.05) is 56.4 Å². The monoisotopic (exact) mass is 378 g/mol. The summed E-state index contributed by atoms with van der Waals surface area (Å²) in [4.78, 5) is 13.0. The fourth-order valence-corrected chi connectivity index (χ4v) is 5.30. The largest absolute Gasteiger partial charge is 0.352 e. The van der Waals surface area contributed by atoms with E-state index >= 15 is 0 Å². The van der Waals surface area contributed by atoms with E-state index in [1.165, 1.54) is 23.6 Å². The van der Waals surface area contributed by atoms with Crippen LogP contribution in [0.1, 0.15) is 63.0 Å². The molecular weight excluding hydrogens is 348 g/mol. The van der Waals surface area contributed by atoms with Crippen molar-refractivity contribution >= 4 is 15.9 Å². The Hall–Kier alpha value is -1.40. The third-order valence-corrected chi connectivity index (χ3v) is 7.51. The predicted octanol–water partition coefficient (Wildman–Crippen LogP) is 2.99. The molecule has 1 amide bonds. The third-order valence-electron chi connectivity index (χ3n) is 5.68. The zero-order valence-electron chi connectivity index (χ0n) is 15.6. The van der Waals surface area contributed by atoms with Crippen molar-refractivity contribution in [1.82, 2.24) is 9.62 Å². The van der Waals surface area contributed by atoms with Gasteiger partial charge in [-0.05, 0) is 37.3 Å². The molecule has 1 atom stereocenters. The lowest BCUT2D eigenvalue weighted by molar-refractivity contribution is -0.126. The summed E-state index contributed by atoms with van der Waals surface area (Å²) in [6, 6.07) is 7.36. The highest BCUT2D eigenvalue weighted by atomic mass is 32.2. The van der Waals surface area contributed by atoms with Crippen LogP contribution in [0.25, 0.3) is 0 Å². The van der Waals surface area contributed by atoms with Gasteiger partial charge in [0.05, 0.1) is 5.75 Å². The van der Waals surface area contributed by atoms with Gasteiger partial charge in [0.25, 0.3) is 0 Å². The lowest BCUT2D eigenvalue weighted by Gasteiger charge is -2.35. The molecule has 3 rings (SSSR count). The second-order valence-corrected chi connectivity index (χ2v) is 9.70. The number of fused-ring (bicyclic) bond motifs is 1. The van der Waals surface area contributed by atoms with Crippen LogP contribution in [0.3, 0.4) is 0 Å². The number of sulfonamides is 1. The van der Waals surface area contributed by atoms with Crippen molar-refractivity contribution in [1.29, 1.82) is 0 Å². The highest BCUT2D eigenvalue weighted by molar-refractivity contribution is 7.89. The van der Waals surface area contributed by atoms with Gasteiger partial charge >= 0.3 is 0 Å². The van der Waals surface area contributed by atoms with Gasteiger partial charge in [-0.3, -0.25) is 4.79 Å². The van der Waals surface area contributed by atoms with Crippen LogP contribution in [-0.2, 0) is 27.8 Å². The minimum atomic E-state index is -3.44. The van der Waals surface area contributed by atoms with Crippen LogP contribution in [0.4, 0.5) is 0 Å². The summed E-state index contributed by atoms with van der Waals surface area (Å²) in [6.07, 6.45) is 8.44. The van der Waals surface area contributed by atoms with E-state index in [0.29, 0.717) is 6.42 Å². The molecule has 1 N–H and O–H groups in total. The predicted molar refractivity (Wildman–Crippen MR) is 103 cm³/mol. The number of hydrogen-bond acceptors (Lipinski definition) is 3. The Morgan fingerprint density at radius 3 is 2.35 bits per heavy atom. The maximum absolute atomic E-state index is 13.0. The van der Waals surface area contributed by atoms with Crippen molar-refractivity contribution in [3.05, 3.63) is 35.4 Å². The fraction of sp³-hybridized carbons (Fsp3) is 0.650. The molecule has 0 radical (unpaired) electrons. The molecule has 144 valence electrons. The number of benzene rings is 1. The van der Waals surface area contributed by atoms with E-state index in [2.05, 4.69) is 5.32 Å². The first-order chi connectivity index (χ1) is 12.5. The van der Waals surface area contributed by atoms with E-state index in [-0.39, 0.29) is 24.2 Å². The van der Waals surface area contributed by atoms with E-state index in [1.54, 1.807) is 6.92 Å². The Balaban J connectivity index is 1.79. The third kappa shape index (κ3) is 4.46. The molecule has 1 heterocycles. The van der Waals surface area contributed by atoms with Crippen molar-refractivity contribution in [2.75, 3.05) is 5.75 Å². The second-order valence-electron chi connectivity index (χ2n) is 7.49. The first kappa shape index (κ1) is 19.4. The van der Waals surface area contributed by atoms with Gasteiger partial charge in [-0.25, -0.2) is 8.42 Å². The van der Waals surface area contributed by atoms with Crippen molar-refractivity contribution < 1.29 is 13.2 Å². The molecule has 5 nitrogen and oxygen atoms in total. The summed E-state index contributed by atoms with van der Waals surface area (Å²) in [6.45, 7) is 1.93. The Labute approximate surface area is 157 Å². The smallest absolute Gasteiger partial charge is 0.239 e.